The van der Waals surface area contributed by atoms with Crippen LogP contribution in [-0.2, 0) is 13.1 Å². The zero-order chi connectivity index (χ0) is 11.8. The van der Waals surface area contributed by atoms with Crippen molar-refractivity contribution in [2.45, 2.75) is 53.1 Å². The van der Waals surface area contributed by atoms with Crippen molar-refractivity contribution in [3.8, 4) is 0 Å². The molecule has 0 aliphatic heterocycles. The highest BCUT2D eigenvalue weighted by atomic mass is 15.1. The maximum absolute atomic E-state index is 4.39. The quantitative estimate of drug-likeness (QED) is 0.687. The molecule has 1 aromatic heterocycles. The maximum atomic E-state index is 4.39. The number of hydrogen-bond acceptors (Lipinski definition) is 2. The summed E-state index contributed by atoms with van der Waals surface area (Å²) in [6.07, 6.45) is 7.70. The van der Waals surface area contributed by atoms with Crippen LogP contribution >= 0.6 is 0 Å². The van der Waals surface area contributed by atoms with E-state index in [0.29, 0.717) is 0 Å². The van der Waals surface area contributed by atoms with Crippen molar-refractivity contribution in [2.24, 2.45) is 5.92 Å². The van der Waals surface area contributed by atoms with E-state index in [0.717, 1.165) is 31.4 Å². The van der Waals surface area contributed by atoms with E-state index in [-0.39, 0.29) is 0 Å². The fraction of sp³-hybridized carbons (Fsp3) is 0.769. The van der Waals surface area contributed by atoms with Crippen LogP contribution in [0.4, 0.5) is 0 Å². The number of aryl methyl sites for hydroxylation is 1. The van der Waals surface area contributed by atoms with Gasteiger partial charge in [0.15, 0.2) is 0 Å². The van der Waals surface area contributed by atoms with Gasteiger partial charge in [-0.3, -0.25) is 0 Å². The van der Waals surface area contributed by atoms with Crippen LogP contribution in [0, 0.1) is 5.92 Å². The number of imidazole rings is 1. The molecule has 0 saturated carbocycles. The highest BCUT2D eigenvalue weighted by molar-refractivity contribution is 4.91. The lowest BCUT2D eigenvalue weighted by atomic mass is 10.1. The predicted octanol–water partition coefficient (Wildman–Crippen LogP) is 2.82. The monoisotopic (exact) mass is 223 g/mol. The van der Waals surface area contributed by atoms with Gasteiger partial charge in [0.25, 0.3) is 0 Å². The minimum atomic E-state index is 0.796. The highest BCUT2D eigenvalue weighted by Gasteiger charge is 2.02. The second kappa shape index (κ2) is 7.44. The lowest BCUT2D eigenvalue weighted by Gasteiger charge is -2.09. The van der Waals surface area contributed by atoms with E-state index in [2.05, 4.69) is 41.8 Å². The van der Waals surface area contributed by atoms with E-state index in [1.807, 2.05) is 6.20 Å². The van der Waals surface area contributed by atoms with E-state index in [9.17, 15) is 0 Å². The Hall–Kier alpha value is -0.830. The van der Waals surface area contributed by atoms with Crippen LogP contribution in [0.25, 0.3) is 0 Å². The molecule has 0 aromatic carbocycles. The maximum Gasteiger partial charge on any atom is 0.122 e. The molecule has 0 aliphatic carbocycles. The van der Waals surface area contributed by atoms with Crippen molar-refractivity contribution in [2.75, 3.05) is 6.54 Å². The first-order chi connectivity index (χ1) is 7.74. The molecule has 16 heavy (non-hydrogen) atoms. The van der Waals surface area contributed by atoms with Gasteiger partial charge in [0.2, 0.25) is 0 Å². The zero-order valence-corrected chi connectivity index (χ0v) is 10.9. The first-order valence-corrected chi connectivity index (χ1v) is 6.44. The topological polar surface area (TPSA) is 29.9 Å². The molecule has 0 bridgehead atoms. The minimum Gasteiger partial charge on any atom is -0.334 e. The van der Waals surface area contributed by atoms with Crippen molar-refractivity contribution >= 4 is 0 Å². The second-order valence-electron chi connectivity index (χ2n) is 4.75. The molecule has 3 nitrogen and oxygen atoms in total. The zero-order valence-electron chi connectivity index (χ0n) is 10.9. The summed E-state index contributed by atoms with van der Waals surface area (Å²) in [5.41, 5.74) is 0. The van der Waals surface area contributed by atoms with E-state index in [1.165, 1.54) is 19.3 Å². The molecule has 0 aliphatic rings. The third kappa shape index (κ3) is 4.79. The van der Waals surface area contributed by atoms with Gasteiger partial charge in [-0.25, -0.2) is 4.98 Å². The summed E-state index contributed by atoms with van der Waals surface area (Å²) in [6, 6.07) is 0. The summed E-state index contributed by atoms with van der Waals surface area (Å²) < 4.78 is 2.27. The molecular weight excluding hydrogens is 198 g/mol. The Kier molecular flexibility index (Phi) is 6.16. The highest BCUT2D eigenvalue weighted by Crippen LogP contribution is 2.07. The van der Waals surface area contributed by atoms with Gasteiger partial charge in [-0.05, 0) is 31.7 Å². The van der Waals surface area contributed by atoms with Crippen LogP contribution in [0.3, 0.4) is 0 Å². The van der Waals surface area contributed by atoms with Gasteiger partial charge in [-0.2, -0.15) is 0 Å². The first-order valence-electron chi connectivity index (χ1n) is 6.44. The van der Waals surface area contributed by atoms with Gasteiger partial charge in [0, 0.05) is 18.9 Å². The molecule has 1 rings (SSSR count). The molecular formula is C13H25N3. The molecule has 1 aromatic rings. The Bertz CT molecular complexity index is 278. The van der Waals surface area contributed by atoms with E-state index >= 15 is 0 Å². The Morgan fingerprint density at radius 1 is 1.44 bits per heavy atom. The molecule has 1 N–H and O–H groups in total. The lowest BCUT2D eigenvalue weighted by molar-refractivity contribution is 0.497. The number of aromatic nitrogens is 2. The molecule has 0 fully saturated rings. The largest absolute Gasteiger partial charge is 0.334 e. The van der Waals surface area contributed by atoms with Crippen LogP contribution in [-0.4, -0.2) is 16.1 Å². The Morgan fingerprint density at radius 2 is 2.25 bits per heavy atom. The Morgan fingerprint density at radius 3 is 2.94 bits per heavy atom. The molecule has 0 unspecified atom stereocenters. The van der Waals surface area contributed by atoms with Crippen molar-refractivity contribution in [3.05, 3.63) is 18.2 Å². The van der Waals surface area contributed by atoms with Crippen LogP contribution in [0.5, 0.6) is 0 Å². The third-order valence-corrected chi connectivity index (χ3v) is 2.69. The minimum absolute atomic E-state index is 0.796. The molecule has 0 spiro atoms. The molecule has 0 amide bonds. The van der Waals surface area contributed by atoms with Gasteiger partial charge in [0.1, 0.15) is 5.82 Å². The van der Waals surface area contributed by atoms with E-state index in [4.69, 9.17) is 0 Å². The lowest BCUT2D eigenvalue weighted by Crippen LogP contribution is -2.17. The van der Waals surface area contributed by atoms with Gasteiger partial charge in [-0.1, -0.05) is 20.8 Å². The van der Waals surface area contributed by atoms with Crippen molar-refractivity contribution in [3.63, 3.8) is 0 Å². The van der Waals surface area contributed by atoms with E-state index < -0.39 is 0 Å². The Labute approximate surface area is 99.3 Å². The van der Waals surface area contributed by atoms with Crippen LogP contribution < -0.4 is 5.32 Å². The summed E-state index contributed by atoms with van der Waals surface area (Å²) in [5, 5.41) is 3.39. The summed E-state index contributed by atoms with van der Waals surface area (Å²) in [4.78, 5) is 4.39. The number of rotatable bonds is 8. The standard InChI is InChI=1S/C13H25N3/c1-4-7-14-11-13-15-8-10-16(13)9-5-6-12(2)3/h8,10,12,14H,4-7,9,11H2,1-3H3. The molecule has 92 valence electrons. The summed E-state index contributed by atoms with van der Waals surface area (Å²) in [6.45, 7) is 9.79. The van der Waals surface area contributed by atoms with Crippen LogP contribution in [0.15, 0.2) is 12.4 Å². The molecule has 0 saturated heterocycles. The predicted molar refractivity (Wildman–Crippen MR) is 68.3 cm³/mol. The van der Waals surface area contributed by atoms with Crippen molar-refractivity contribution in [1.29, 1.82) is 0 Å². The van der Waals surface area contributed by atoms with Gasteiger partial charge >= 0.3 is 0 Å². The van der Waals surface area contributed by atoms with Crippen molar-refractivity contribution < 1.29 is 0 Å². The summed E-state index contributed by atoms with van der Waals surface area (Å²) >= 11 is 0. The summed E-state index contributed by atoms with van der Waals surface area (Å²) in [7, 11) is 0. The van der Waals surface area contributed by atoms with Crippen molar-refractivity contribution in [1.82, 2.24) is 14.9 Å². The normalized spacial score (nSPS) is 11.2. The third-order valence-electron chi connectivity index (χ3n) is 2.69. The first kappa shape index (κ1) is 13.2. The average Bonchev–Trinajstić information content (AvgIpc) is 2.66. The number of nitrogens with one attached hydrogen (secondary N) is 1. The number of nitrogens with zero attached hydrogens (tertiary/aromatic N) is 2. The number of hydrogen-bond donors (Lipinski definition) is 1. The van der Waals surface area contributed by atoms with Crippen LogP contribution in [0.1, 0.15) is 45.9 Å². The molecule has 0 atom stereocenters. The SMILES string of the molecule is CCCNCc1nccn1CCCC(C)C. The van der Waals surface area contributed by atoms with Gasteiger partial charge < -0.3 is 9.88 Å². The average molecular weight is 223 g/mol. The Balaban J connectivity index is 2.32. The van der Waals surface area contributed by atoms with E-state index in [1.54, 1.807) is 0 Å². The fourth-order valence-corrected chi connectivity index (χ4v) is 1.76. The summed E-state index contributed by atoms with van der Waals surface area (Å²) in [5.74, 6) is 1.96. The van der Waals surface area contributed by atoms with Crippen LogP contribution in [0.2, 0.25) is 0 Å². The molecule has 1 heterocycles. The van der Waals surface area contributed by atoms with Gasteiger partial charge in [-0.15, -0.1) is 0 Å². The fourth-order valence-electron chi connectivity index (χ4n) is 1.76. The smallest absolute Gasteiger partial charge is 0.122 e. The second-order valence-corrected chi connectivity index (χ2v) is 4.75. The van der Waals surface area contributed by atoms with Gasteiger partial charge in [0.05, 0.1) is 6.54 Å². The molecule has 3 heteroatoms. The molecule has 0 radical (unpaired) electrons.